The second-order valence-electron chi connectivity index (χ2n) is 3.95. The van der Waals surface area contributed by atoms with Crippen LogP contribution in [0.1, 0.15) is 5.69 Å². The molecule has 7 heteroatoms. The number of hydrogen-bond acceptors (Lipinski definition) is 4. The molecule has 5 nitrogen and oxygen atoms in total. The number of nitrogens with one attached hydrogen (secondary N) is 1. The molecule has 0 saturated carbocycles. The number of sulfonamides is 1. The fourth-order valence-electron chi connectivity index (χ4n) is 1.62. The van der Waals surface area contributed by atoms with Crippen LogP contribution in [0.4, 0.5) is 15.8 Å². The Morgan fingerprint density at radius 2 is 2.05 bits per heavy atom. The number of anilines is 2. The number of halogens is 1. The van der Waals surface area contributed by atoms with Crippen molar-refractivity contribution in [3.63, 3.8) is 0 Å². The van der Waals surface area contributed by atoms with Crippen LogP contribution in [-0.4, -0.2) is 13.4 Å². The van der Waals surface area contributed by atoms with Crippen molar-refractivity contribution in [2.75, 3.05) is 10.5 Å². The molecule has 2 aromatic rings. The smallest absolute Gasteiger partial charge is 0.266 e. The van der Waals surface area contributed by atoms with Crippen LogP contribution >= 0.6 is 0 Å². The summed E-state index contributed by atoms with van der Waals surface area (Å²) in [5.41, 5.74) is 6.32. The van der Waals surface area contributed by atoms with Crippen LogP contribution in [0.25, 0.3) is 0 Å². The molecule has 0 saturated heterocycles. The van der Waals surface area contributed by atoms with Gasteiger partial charge in [-0.2, -0.15) is 0 Å². The summed E-state index contributed by atoms with van der Waals surface area (Å²) in [6, 6.07) is 6.73. The van der Waals surface area contributed by atoms with Gasteiger partial charge in [0.25, 0.3) is 10.0 Å². The standard InChI is InChI=1S/C12H12FN3O2S/c1-8-7-9(5-6-15-8)16-19(17,18)12-10(13)3-2-4-11(12)14/h2-7H,14H2,1H3,(H,15,16). The Hall–Kier alpha value is -2.15. The molecular weight excluding hydrogens is 269 g/mol. The lowest BCUT2D eigenvalue weighted by molar-refractivity contribution is 0.572. The third kappa shape index (κ3) is 2.82. The maximum Gasteiger partial charge on any atom is 0.266 e. The van der Waals surface area contributed by atoms with Crippen LogP contribution in [0, 0.1) is 12.7 Å². The van der Waals surface area contributed by atoms with E-state index in [1.807, 2.05) is 0 Å². The second-order valence-corrected chi connectivity index (χ2v) is 5.57. The number of rotatable bonds is 3. The molecule has 0 spiro atoms. The molecule has 0 atom stereocenters. The number of pyridine rings is 1. The van der Waals surface area contributed by atoms with Gasteiger partial charge in [-0.05, 0) is 31.2 Å². The summed E-state index contributed by atoms with van der Waals surface area (Å²) in [6.45, 7) is 1.72. The van der Waals surface area contributed by atoms with Crippen LogP contribution in [0.2, 0.25) is 0 Å². The molecule has 19 heavy (non-hydrogen) atoms. The van der Waals surface area contributed by atoms with E-state index in [0.29, 0.717) is 11.4 Å². The lowest BCUT2D eigenvalue weighted by atomic mass is 10.3. The van der Waals surface area contributed by atoms with E-state index < -0.39 is 20.7 Å². The number of hydrogen-bond donors (Lipinski definition) is 2. The van der Waals surface area contributed by atoms with E-state index in [-0.39, 0.29) is 5.69 Å². The van der Waals surface area contributed by atoms with Gasteiger partial charge in [-0.15, -0.1) is 0 Å². The minimum Gasteiger partial charge on any atom is -0.398 e. The van der Waals surface area contributed by atoms with E-state index in [1.54, 1.807) is 6.92 Å². The van der Waals surface area contributed by atoms with Gasteiger partial charge < -0.3 is 5.73 Å². The van der Waals surface area contributed by atoms with E-state index in [0.717, 1.165) is 6.07 Å². The van der Waals surface area contributed by atoms with Gasteiger partial charge in [-0.3, -0.25) is 9.71 Å². The fourth-order valence-corrected chi connectivity index (χ4v) is 2.87. The molecule has 0 amide bonds. The topological polar surface area (TPSA) is 85.1 Å². The van der Waals surface area contributed by atoms with Crippen molar-refractivity contribution in [1.82, 2.24) is 4.98 Å². The number of aromatic nitrogens is 1. The predicted octanol–water partition coefficient (Wildman–Crippen LogP) is 1.91. The van der Waals surface area contributed by atoms with Crippen molar-refractivity contribution < 1.29 is 12.8 Å². The largest absolute Gasteiger partial charge is 0.398 e. The maximum atomic E-state index is 13.6. The zero-order valence-corrected chi connectivity index (χ0v) is 10.9. The van der Waals surface area contributed by atoms with E-state index in [4.69, 9.17) is 5.73 Å². The molecule has 0 unspecified atom stereocenters. The van der Waals surface area contributed by atoms with Gasteiger partial charge in [0.2, 0.25) is 0 Å². The van der Waals surface area contributed by atoms with Crippen molar-refractivity contribution in [3.8, 4) is 0 Å². The van der Waals surface area contributed by atoms with Gasteiger partial charge in [0, 0.05) is 11.9 Å². The molecule has 0 bridgehead atoms. The summed E-state index contributed by atoms with van der Waals surface area (Å²) in [5.74, 6) is -0.890. The number of nitrogen functional groups attached to an aromatic ring is 1. The lowest BCUT2D eigenvalue weighted by Crippen LogP contribution is -2.16. The van der Waals surface area contributed by atoms with Crippen LogP contribution < -0.4 is 10.5 Å². The molecule has 0 aliphatic carbocycles. The van der Waals surface area contributed by atoms with Gasteiger partial charge in [0.05, 0.1) is 11.4 Å². The van der Waals surface area contributed by atoms with Crippen molar-refractivity contribution in [1.29, 1.82) is 0 Å². The van der Waals surface area contributed by atoms with Crippen LogP contribution in [0.15, 0.2) is 41.4 Å². The van der Waals surface area contributed by atoms with E-state index in [2.05, 4.69) is 9.71 Å². The fraction of sp³-hybridized carbons (Fsp3) is 0.0833. The summed E-state index contributed by atoms with van der Waals surface area (Å²) in [5, 5.41) is 0. The lowest BCUT2D eigenvalue weighted by Gasteiger charge is -2.11. The first-order valence-corrected chi connectivity index (χ1v) is 6.88. The summed E-state index contributed by atoms with van der Waals surface area (Å²) < 4.78 is 40.1. The highest BCUT2D eigenvalue weighted by molar-refractivity contribution is 7.92. The molecular formula is C12H12FN3O2S. The quantitative estimate of drug-likeness (QED) is 0.842. The van der Waals surface area contributed by atoms with Crippen molar-refractivity contribution in [2.45, 2.75) is 11.8 Å². The van der Waals surface area contributed by atoms with E-state index in [1.165, 1.54) is 30.5 Å². The Morgan fingerprint density at radius 3 is 2.68 bits per heavy atom. The van der Waals surface area contributed by atoms with Crippen LogP contribution in [0.5, 0.6) is 0 Å². The Balaban J connectivity index is 2.44. The third-order valence-corrected chi connectivity index (χ3v) is 3.89. The average molecular weight is 281 g/mol. The first-order valence-electron chi connectivity index (χ1n) is 5.39. The van der Waals surface area contributed by atoms with Gasteiger partial charge in [0.1, 0.15) is 10.7 Å². The molecule has 0 aliphatic heterocycles. The molecule has 100 valence electrons. The number of benzene rings is 1. The van der Waals surface area contributed by atoms with Crippen molar-refractivity contribution in [2.24, 2.45) is 0 Å². The first-order chi connectivity index (χ1) is 8.90. The molecule has 1 heterocycles. The molecule has 0 radical (unpaired) electrons. The van der Waals surface area contributed by atoms with Gasteiger partial charge in [0.15, 0.2) is 0 Å². The van der Waals surface area contributed by atoms with E-state index >= 15 is 0 Å². The Morgan fingerprint density at radius 1 is 1.32 bits per heavy atom. The minimum absolute atomic E-state index is 0.140. The normalized spacial score (nSPS) is 11.3. The van der Waals surface area contributed by atoms with Crippen molar-refractivity contribution in [3.05, 3.63) is 48.0 Å². The van der Waals surface area contributed by atoms with Crippen LogP contribution in [-0.2, 0) is 10.0 Å². The molecule has 0 aliphatic rings. The number of aryl methyl sites for hydroxylation is 1. The summed E-state index contributed by atoms with van der Waals surface area (Å²) in [4.78, 5) is 3.39. The number of nitrogens with two attached hydrogens (primary N) is 1. The Bertz CT molecular complexity index is 696. The molecule has 2 rings (SSSR count). The van der Waals surface area contributed by atoms with Gasteiger partial charge in [-0.1, -0.05) is 6.07 Å². The third-order valence-electron chi connectivity index (χ3n) is 2.42. The maximum absolute atomic E-state index is 13.6. The number of nitrogens with zero attached hydrogens (tertiary/aromatic N) is 1. The molecule has 1 aromatic carbocycles. The summed E-state index contributed by atoms with van der Waals surface area (Å²) >= 11 is 0. The Labute approximate surface area is 110 Å². The monoisotopic (exact) mass is 281 g/mol. The minimum atomic E-state index is -4.07. The summed E-state index contributed by atoms with van der Waals surface area (Å²) in [6.07, 6.45) is 1.46. The second kappa shape index (κ2) is 4.85. The highest BCUT2D eigenvalue weighted by Crippen LogP contribution is 2.24. The van der Waals surface area contributed by atoms with Gasteiger partial charge >= 0.3 is 0 Å². The molecule has 1 aromatic heterocycles. The highest BCUT2D eigenvalue weighted by atomic mass is 32.2. The molecule has 3 N–H and O–H groups in total. The van der Waals surface area contributed by atoms with Crippen LogP contribution in [0.3, 0.4) is 0 Å². The van der Waals surface area contributed by atoms with Crippen molar-refractivity contribution >= 4 is 21.4 Å². The average Bonchev–Trinajstić information content (AvgIpc) is 2.27. The van der Waals surface area contributed by atoms with E-state index in [9.17, 15) is 12.8 Å². The van der Waals surface area contributed by atoms with Gasteiger partial charge in [-0.25, -0.2) is 12.8 Å². The molecule has 0 fully saturated rings. The predicted molar refractivity (Wildman–Crippen MR) is 70.6 cm³/mol. The zero-order chi connectivity index (χ0) is 14.0. The SMILES string of the molecule is Cc1cc(NS(=O)(=O)c2c(N)cccc2F)ccn1. The first kappa shape index (κ1) is 13.3. The summed E-state index contributed by atoms with van der Waals surface area (Å²) in [7, 11) is -4.07. The zero-order valence-electron chi connectivity index (χ0n) is 10.1. The highest BCUT2D eigenvalue weighted by Gasteiger charge is 2.22. The Kier molecular flexibility index (Phi) is 3.39.